The fourth-order valence-corrected chi connectivity index (χ4v) is 3.80. The molecule has 0 aromatic heterocycles. The van der Waals surface area contributed by atoms with Crippen LogP contribution in [0.3, 0.4) is 0 Å². The molecule has 2 rings (SSSR count). The molecule has 7 nitrogen and oxygen atoms in total. The molecule has 1 saturated heterocycles. The van der Waals surface area contributed by atoms with E-state index in [1.807, 2.05) is 24.3 Å². The monoisotopic (exact) mass is 369 g/mol. The second-order valence-corrected chi connectivity index (χ2v) is 9.07. The Kier molecular flexibility index (Phi) is 6.42. The highest BCUT2D eigenvalue weighted by Gasteiger charge is 2.34. The zero-order valence-corrected chi connectivity index (χ0v) is 16.0. The zero-order chi connectivity index (χ0) is 18.6. The van der Waals surface area contributed by atoms with Crippen LogP contribution >= 0.6 is 0 Å². The first kappa shape index (κ1) is 19.7. The number of sulfonamides is 1. The Bertz CT molecular complexity index is 686. The third kappa shape index (κ3) is 5.42. The van der Waals surface area contributed by atoms with Gasteiger partial charge in [-0.2, -0.15) is 0 Å². The van der Waals surface area contributed by atoms with Crippen LogP contribution in [0.1, 0.15) is 25.3 Å². The second kappa shape index (κ2) is 8.16. The first-order valence-corrected chi connectivity index (χ1v) is 9.95. The predicted octanol–water partition coefficient (Wildman–Crippen LogP) is 1.84. The minimum Gasteiger partial charge on any atom is -0.379 e. The molecule has 1 aromatic rings. The molecular weight excluding hydrogens is 342 g/mol. The number of rotatable bonds is 6. The highest BCUT2D eigenvalue weighted by atomic mass is 32.2. The summed E-state index contributed by atoms with van der Waals surface area (Å²) in [5.74, 6) is 0.119. The molecule has 1 heterocycles. The molecule has 1 aliphatic rings. The molecule has 1 aromatic carbocycles. The number of nitrogens with one attached hydrogen (secondary N) is 2. The highest BCUT2D eigenvalue weighted by Crippen LogP contribution is 2.19. The maximum Gasteiger partial charge on any atom is 0.319 e. The number of nitrogens with zero attached hydrogens (tertiary/aromatic N) is 1. The minimum absolute atomic E-state index is 0.0476. The summed E-state index contributed by atoms with van der Waals surface area (Å²) in [6, 6.07) is 6.98. The lowest BCUT2D eigenvalue weighted by Gasteiger charge is -2.21. The fourth-order valence-electron chi connectivity index (χ4n) is 2.63. The lowest BCUT2D eigenvalue weighted by molar-refractivity contribution is 0.184. The van der Waals surface area contributed by atoms with E-state index < -0.39 is 10.0 Å². The molecule has 1 aliphatic heterocycles. The van der Waals surface area contributed by atoms with Gasteiger partial charge in [-0.15, -0.1) is 0 Å². The van der Waals surface area contributed by atoms with Gasteiger partial charge in [0.1, 0.15) is 0 Å². The number of hydrogen-bond donors (Lipinski definition) is 2. The van der Waals surface area contributed by atoms with Crippen molar-refractivity contribution in [1.29, 1.82) is 0 Å². The van der Waals surface area contributed by atoms with Crippen LogP contribution in [0.15, 0.2) is 24.3 Å². The standard InChI is InChI=1S/C17H27N3O4S/c1-12(2)13-5-7-15(8-6-13)18-17(21)19-16-10-24-9-14(16)11-25(22,23)20(3)4/h5-8,12,14,16H,9-11H2,1-4H3,(H2,18,19,21)/t14-,16+/m0/s1. The maximum absolute atomic E-state index is 12.2. The van der Waals surface area contributed by atoms with Crippen LogP contribution in [0.2, 0.25) is 0 Å². The molecule has 0 radical (unpaired) electrons. The van der Waals surface area contributed by atoms with Crippen LogP contribution in [0.25, 0.3) is 0 Å². The van der Waals surface area contributed by atoms with Gasteiger partial charge in [0.05, 0.1) is 25.0 Å². The van der Waals surface area contributed by atoms with Gasteiger partial charge in [0.25, 0.3) is 0 Å². The van der Waals surface area contributed by atoms with Gasteiger partial charge in [0.15, 0.2) is 0 Å². The summed E-state index contributed by atoms with van der Waals surface area (Å²) in [5.41, 5.74) is 1.89. The topological polar surface area (TPSA) is 87.7 Å². The van der Waals surface area contributed by atoms with E-state index in [1.165, 1.54) is 24.0 Å². The van der Waals surface area contributed by atoms with E-state index in [1.54, 1.807) is 0 Å². The van der Waals surface area contributed by atoms with Gasteiger partial charge < -0.3 is 15.4 Å². The van der Waals surface area contributed by atoms with E-state index in [0.717, 1.165) is 0 Å². The summed E-state index contributed by atoms with van der Waals surface area (Å²) in [6.07, 6.45) is 0. The summed E-state index contributed by atoms with van der Waals surface area (Å²) in [6.45, 7) is 4.85. The van der Waals surface area contributed by atoms with E-state index in [2.05, 4.69) is 24.5 Å². The van der Waals surface area contributed by atoms with Crippen molar-refractivity contribution in [3.63, 3.8) is 0 Å². The zero-order valence-electron chi connectivity index (χ0n) is 15.2. The third-order valence-electron chi connectivity index (χ3n) is 4.33. The third-order valence-corrected chi connectivity index (χ3v) is 6.29. The van der Waals surface area contributed by atoms with Crippen LogP contribution in [-0.2, 0) is 14.8 Å². The van der Waals surface area contributed by atoms with E-state index in [4.69, 9.17) is 4.74 Å². The van der Waals surface area contributed by atoms with Crippen molar-refractivity contribution in [2.45, 2.75) is 25.8 Å². The molecule has 0 saturated carbocycles. The Morgan fingerprint density at radius 3 is 2.44 bits per heavy atom. The largest absolute Gasteiger partial charge is 0.379 e. The Morgan fingerprint density at radius 2 is 1.88 bits per heavy atom. The number of carbonyl (C=O) groups is 1. The first-order valence-electron chi connectivity index (χ1n) is 8.34. The van der Waals surface area contributed by atoms with Crippen molar-refractivity contribution >= 4 is 21.7 Å². The Balaban J connectivity index is 1.92. The van der Waals surface area contributed by atoms with Crippen LogP contribution in [0, 0.1) is 5.92 Å². The van der Waals surface area contributed by atoms with Crippen LogP contribution < -0.4 is 10.6 Å². The molecule has 25 heavy (non-hydrogen) atoms. The summed E-state index contributed by atoms with van der Waals surface area (Å²) in [5, 5.41) is 5.59. The van der Waals surface area contributed by atoms with Gasteiger partial charge in [-0.25, -0.2) is 17.5 Å². The van der Waals surface area contributed by atoms with E-state index in [9.17, 15) is 13.2 Å². The molecular formula is C17H27N3O4S. The van der Waals surface area contributed by atoms with Gasteiger partial charge in [-0.1, -0.05) is 26.0 Å². The van der Waals surface area contributed by atoms with Crippen molar-refractivity contribution in [3.8, 4) is 0 Å². The molecule has 0 aliphatic carbocycles. The van der Waals surface area contributed by atoms with Gasteiger partial charge >= 0.3 is 6.03 Å². The summed E-state index contributed by atoms with van der Waals surface area (Å²) < 4.78 is 30.6. The van der Waals surface area contributed by atoms with Gasteiger partial charge in [-0.3, -0.25) is 0 Å². The number of benzene rings is 1. The van der Waals surface area contributed by atoms with Gasteiger partial charge in [0.2, 0.25) is 10.0 Å². The Hall–Kier alpha value is -1.64. The van der Waals surface area contributed by atoms with Gasteiger partial charge in [-0.05, 0) is 23.6 Å². The quantitative estimate of drug-likeness (QED) is 0.801. The van der Waals surface area contributed by atoms with E-state index >= 15 is 0 Å². The molecule has 1 fully saturated rings. The SMILES string of the molecule is CC(C)c1ccc(NC(=O)N[C@@H]2COC[C@H]2CS(=O)(=O)N(C)C)cc1. The van der Waals surface area contributed by atoms with Crippen LogP contribution in [-0.4, -0.2) is 57.9 Å². The maximum atomic E-state index is 12.2. The van der Waals surface area contributed by atoms with Crippen molar-refractivity contribution < 1.29 is 17.9 Å². The average Bonchev–Trinajstić information content (AvgIpc) is 2.93. The summed E-state index contributed by atoms with van der Waals surface area (Å²) in [4.78, 5) is 12.2. The summed E-state index contributed by atoms with van der Waals surface area (Å²) >= 11 is 0. The van der Waals surface area contributed by atoms with Crippen molar-refractivity contribution in [2.75, 3.05) is 38.4 Å². The predicted molar refractivity (Wildman–Crippen MR) is 98.3 cm³/mol. The number of amides is 2. The molecule has 0 bridgehead atoms. The summed E-state index contributed by atoms with van der Waals surface area (Å²) in [7, 11) is -0.338. The fraction of sp³-hybridized carbons (Fsp3) is 0.588. The van der Waals surface area contributed by atoms with Crippen LogP contribution in [0.4, 0.5) is 10.5 Å². The number of anilines is 1. The van der Waals surface area contributed by atoms with Crippen molar-refractivity contribution in [2.24, 2.45) is 5.92 Å². The number of urea groups is 1. The molecule has 140 valence electrons. The lowest BCUT2D eigenvalue weighted by atomic mass is 10.0. The molecule has 2 atom stereocenters. The van der Waals surface area contributed by atoms with Crippen LogP contribution in [0.5, 0.6) is 0 Å². The first-order chi connectivity index (χ1) is 11.7. The van der Waals surface area contributed by atoms with E-state index in [0.29, 0.717) is 24.8 Å². The van der Waals surface area contributed by atoms with Crippen molar-refractivity contribution in [1.82, 2.24) is 9.62 Å². The molecule has 2 amide bonds. The molecule has 2 N–H and O–H groups in total. The Labute approximate surface area is 149 Å². The van der Waals surface area contributed by atoms with Gasteiger partial charge in [0, 0.05) is 25.7 Å². The van der Waals surface area contributed by atoms with E-state index in [-0.39, 0.29) is 23.7 Å². The normalized spacial score (nSPS) is 20.9. The number of ether oxygens (including phenoxy) is 1. The molecule has 8 heteroatoms. The molecule has 0 spiro atoms. The lowest BCUT2D eigenvalue weighted by Crippen LogP contribution is -2.45. The average molecular weight is 369 g/mol. The smallest absolute Gasteiger partial charge is 0.319 e. The number of carbonyl (C=O) groups excluding carboxylic acids is 1. The molecule has 0 unspecified atom stereocenters. The second-order valence-electron chi connectivity index (χ2n) is 6.84. The number of hydrogen-bond acceptors (Lipinski definition) is 4. The highest BCUT2D eigenvalue weighted by molar-refractivity contribution is 7.89. The van der Waals surface area contributed by atoms with Crippen molar-refractivity contribution in [3.05, 3.63) is 29.8 Å². The Morgan fingerprint density at radius 1 is 1.24 bits per heavy atom. The minimum atomic E-state index is -3.34.